The zero-order chi connectivity index (χ0) is 14.0. The van der Waals surface area contributed by atoms with Crippen LogP contribution in [0.1, 0.15) is 21.5 Å². The van der Waals surface area contributed by atoms with Crippen molar-refractivity contribution in [1.82, 2.24) is 0 Å². The number of rotatable bonds is 3. The zero-order valence-electron chi connectivity index (χ0n) is 10.5. The molecule has 0 saturated carbocycles. The van der Waals surface area contributed by atoms with Crippen LogP contribution in [0.4, 0.5) is 4.39 Å². The van der Waals surface area contributed by atoms with Gasteiger partial charge in [0.1, 0.15) is 17.3 Å². The van der Waals surface area contributed by atoms with E-state index in [9.17, 15) is 9.18 Å². The van der Waals surface area contributed by atoms with Crippen molar-refractivity contribution in [2.75, 3.05) is 0 Å². The van der Waals surface area contributed by atoms with E-state index in [0.29, 0.717) is 17.1 Å². The largest absolute Gasteiger partial charge is 0.456 e. The van der Waals surface area contributed by atoms with Crippen LogP contribution in [0.15, 0.2) is 30.3 Å². The maximum atomic E-state index is 13.4. The molecule has 98 valence electrons. The Balaban J connectivity index is 2.42. The summed E-state index contributed by atoms with van der Waals surface area (Å²) in [5.74, 6) is 0.110. The van der Waals surface area contributed by atoms with Gasteiger partial charge in [-0.15, -0.1) is 0 Å². The lowest BCUT2D eigenvalue weighted by Crippen LogP contribution is -1.95. The Hall–Kier alpha value is -1.87. The molecule has 0 N–H and O–H groups in total. The highest BCUT2D eigenvalue weighted by molar-refractivity contribution is 6.32. The standard InChI is InChI=1S/C15H12ClFO2/c1-9-6-11(7-10(2)15(9)16)19-14-5-3-4-13(17)12(14)8-18/h3-8H,1-2H3. The maximum absolute atomic E-state index is 13.4. The van der Waals surface area contributed by atoms with Crippen molar-refractivity contribution in [3.05, 3.63) is 57.9 Å². The van der Waals surface area contributed by atoms with Crippen LogP contribution in [-0.2, 0) is 0 Å². The summed E-state index contributed by atoms with van der Waals surface area (Å²) in [6.45, 7) is 3.71. The molecule has 2 nitrogen and oxygen atoms in total. The third kappa shape index (κ3) is 2.76. The minimum Gasteiger partial charge on any atom is -0.456 e. The van der Waals surface area contributed by atoms with Gasteiger partial charge in [-0.05, 0) is 49.2 Å². The fourth-order valence-electron chi connectivity index (χ4n) is 1.81. The van der Waals surface area contributed by atoms with Crippen LogP contribution in [0.3, 0.4) is 0 Å². The second kappa shape index (κ2) is 5.41. The molecule has 19 heavy (non-hydrogen) atoms. The van der Waals surface area contributed by atoms with Gasteiger partial charge in [0.05, 0.1) is 5.56 Å². The van der Waals surface area contributed by atoms with Gasteiger partial charge >= 0.3 is 0 Å². The predicted octanol–water partition coefficient (Wildman–Crippen LogP) is 4.70. The van der Waals surface area contributed by atoms with Crippen molar-refractivity contribution >= 4 is 17.9 Å². The highest BCUT2D eigenvalue weighted by Gasteiger charge is 2.11. The SMILES string of the molecule is Cc1cc(Oc2cccc(F)c2C=O)cc(C)c1Cl. The van der Waals surface area contributed by atoms with Crippen molar-refractivity contribution in [2.24, 2.45) is 0 Å². The highest BCUT2D eigenvalue weighted by Crippen LogP contribution is 2.30. The van der Waals surface area contributed by atoms with Gasteiger partial charge in [-0.1, -0.05) is 17.7 Å². The van der Waals surface area contributed by atoms with Gasteiger partial charge in [0, 0.05) is 5.02 Å². The molecule has 0 aliphatic carbocycles. The molecule has 2 aromatic carbocycles. The minimum absolute atomic E-state index is 0.0900. The average Bonchev–Trinajstić information content (AvgIpc) is 2.36. The molecule has 0 heterocycles. The quantitative estimate of drug-likeness (QED) is 0.761. The molecule has 4 heteroatoms. The maximum Gasteiger partial charge on any atom is 0.156 e. The second-order valence-corrected chi connectivity index (χ2v) is 4.62. The molecule has 2 aromatic rings. The van der Waals surface area contributed by atoms with E-state index in [1.165, 1.54) is 12.1 Å². The van der Waals surface area contributed by atoms with Crippen molar-refractivity contribution in [3.63, 3.8) is 0 Å². The average molecular weight is 279 g/mol. The predicted molar refractivity (Wildman–Crippen MR) is 72.8 cm³/mol. The van der Waals surface area contributed by atoms with E-state index in [1.807, 2.05) is 13.8 Å². The number of aryl methyl sites for hydroxylation is 2. The summed E-state index contributed by atoms with van der Waals surface area (Å²) < 4.78 is 19.0. The van der Waals surface area contributed by atoms with Gasteiger partial charge in [-0.3, -0.25) is 4.79 Å². The second-order valence-electron chi connectivity index (χ2n) is 4.24. The Morgan fingerprint density at radius 1 is 1.21 bits per heavy atom. The molecule has 2 rings (SSSR count). The van der Waals surface area contributed by atoms with E-state index in [2.05, 4.69) is 0 Å². The molecule has 0 spiro atoms. The molecule has 0 atom stereocenters. The molecule has 0 saturated heterocycles. The monoisotopic (exact) mass is 278 g/mol. The lowest BCUT2D eigenvalue weighted by Gasteiger charge is -2.11. The van der Waals surface area contributed by atoms with Crippen molar-refractivity contribution < 1.29 is 13.9 Å². The Bertz CT molecular complexity index is 615. The fraction of sp³-hybridized carbons (Fsp3) is 0.133. The summed E-state index contributed by atoms with van der Waals surface area (Å²) in [6, 6.07) is 7.75. The van der Waals surface area contributed by atoms with Crippen LogP contribution in [0, 0.1) is 19.7 Å². The highest BCUT2D eigenvalue weighted by atomic mass is 35.5. The summed E-state index contributed by atoms with van der Waals surface area (Å²) in [5, 5.41) is 0.669. The first-order valence-electron chi connectivity index (χ1n) is 5.71. The fourth-order valence-corrected chi connectivity index (χ4v) is 1.92. The molecular weight excluding hydrogens is 267 g/mol. The molecule has 0 aliphatic rings. The number of ether oxygens (including phenoxy) is 1. The number of benzene rings is 2. The molecule has 0 amide bonds. The van der Waals surface area contributed by atoms with Crippen LogP contribution in [0.5, 0.6) is 11.5 Å². The molecule has 0 radical (unpaired) electrons. The summed E-state index contributed by atoms with van der Waals surface area (Å²) in [6.07, 6.45) is 0.445. The van der Waals surface area contributed by atoms with Gasteiger partial charge in [0.2, 0.25) is 0 Å². The van der Waals surface area contributed by atoms with Gasteiger partial charge in [0.25, 0.3) is 0 Å². The summed E-state index contributed by atoms with van der Waals surface area (Å²) in [4.78, 5) is 10.9. The van der Waals surface area contributed by atoms with Crippen LogP contribution < -0.4 is 4.74 Å². The van der Waals surface area contributed by atoms with Gasteiger partial charge in [0.15, 0.2) is 6.29 Å². The Kier molecular flexibility index (Phi) is 3.86. The molecule has 0 bridgehead atoms. The van der Waals surface area contributed by atoms with E-state index in [-0.39, 0.29) is 11.3 Å². The van der Waals surface area contributed by atoms with E-state index < -0.39 is 5.82 Å². The van der Waals surface area contributed by atoms with Crippen LogP contribution in [0.2, 0.25) is 5.02 Å². The van der Waals surface area contributed by atoms with Crippen LogP contribution in [0.25, 0.3) is 0 Å². The number of aldehydes is 1. The first-order valence-corrected chi connectivity index (χ1v) is 6.09. The van der Waals surface area contributed by atoms with Gasteiger partial charge in [-0.25, -0.2) is 4.39 Å². The summed E-state index contributed by atoms with van der Waals surface area (Å²) >= 11 is 6.06. The van der Waals surface area contributed by atoms with Crippen molar-refractivity contribution in [3.8, 4) is 11.5 Å². The van der Waals surface area contributed by atoms with Gasteiger partial charge in [-0.2, -0.15) is 0 Å². The molecule has 0 fully saturated rings. The van der Waals surface area contributed by atoms with E-state index in [0.717, 1.165) is 11.1 Å². The lowest BCUT2D eigenvalue weighted by atomic mass is 10.1. The first-order chi connectivity index (χ1) is 9.02. The third-order valence-electron chi connectivity index (χ3n) is 2.77. The third-order valence-corrected chi connectivity index (χ3v) is 3.36. The van der Waals surface area contributed by atoms with E-state index in [1.54, 1.807) is 18.2 Å². The molecule has 0 unspecified atom stereocenters. The summed E-state index contributed by atoms with van der Waals surface area (Å²) in [5.41, 5.74) is 1.63. The molecule has 0 aromatic heterocycles. The van der Waals surface area contributed by atoms with Crippen molar-refractivity contribution in [1.29, 1.82) is 0 Å². The number of carbonyl (C=O) groups is 1. The van der Waals surface area contributed by atoms with E-state index >= 15 is 0 Å². The molecular formula is C15H12ClFO2. The van der Waals surface area contributed by atoms with Gasteiger partial charge < -0.3 is 4.74 Å². The van der Waals surface area contributed by atoms with E-state index in [4.69, 9.17) is 16.3 Å². The Morgan fingerprint density at radius 3 is 2.42 bits per heavy atom. The zero-order valence-corrected chi connectivity index (χ0v) is 11.3. The number of hydrogen-bond donors (Lipinski definition) is 0. The molecule has 0 aliphatic heterocycles. The minimum atomic E-state index is -0.602. The number of carbonyl (C=O) groups excluding carboxylic acids is 1. The number of halogens is 2. The normalized spacial score (nSPS) is 10.3. The Labute approximate surface area is 115 Å². The summed E-state index contributed by atoms with van der Waals surface area (Å²) in [7, 11) is 0. The topological polar surface area (TPSA) is 26.3 Å². The lowest BCUT2D eigenvalue weighted by molar-refractivity contribution is 0.111. The van der Waals surface area contributed by atoms with Crippen LogP contribution in [-0.4, -0.2) is 6.29 Å². The number of hydrogen-bond acceptors (Lipinski definition) is 2. The van der Waals surface area contributed by atoms with Crippen molar-refractivity contribution in [2.45, 2.75) is 13.8 Å². The van der Waals surface area contributed by atoms with Crippen LogP contribution >= 0.6 is 11.6 Å². The first kappa shape index (κ1) is 13.6. The smallest absolute Gasteiger partial charge is 0.156 e. The Morgan fingerprint density at radius 2 is 1.84 bits per heavy atom.